The molecule has 9 heteroatoms. The second kappa shape index (κ2) is 8.79. The van der Waals surface area contributed by atoms with Crippen LogP contribution in [-0.2, 0) is 14.8 Å². The number of benzene rings is 2. The normalized spacial score (nSPS) is 15.4. The minimum Gasteiger partial charge on any atom is -0.333 e. The number of piperidine rings is 1. The van der Waals surface area contributed by atoms with E-state index in [2.05, 4.69) is 15.3 Å². The predicted molar refractivity (Wildman–Crippen MR) is 119 cm³/mol. The van der Waals surface area contributed by atoms with Crippen molar-refractivity contribution in [2.24, 2.45) is 0 Å². The molecule has 2 N–H and O–H groups in total. The molecule has 3 aromatic rings. The molecule has 1 saturated heterocycles. The van der Waals surface area contributed by atoms with E-state index in [0.717, 1.165) is 35.9 Å². The number of aromatic amines is 1. The molecule has 0 unspecified atom stereocenters. The Balaban J connectivity index is 1.40. The number of hydrogen-bond acceptors (Lipinski definition) is 5. The van der Waals surface area contributed by atoms with Gasteiger partial charge in [0.1, 0.15) is 0 Å². The topological polar surface area (TPSA) is 95.2 Å². The maximum Gasteiger partial charge on any atom is 0.243 e. The van der Waals surface area contributed by atoms with Crippen LogP contribution in [0.3, 0.4) is 0 Å². The third-order valence-electron chi connectivity index (χ3n) is 5.03. The minimum atomic E-state index is -3.53. The number of amides is 1. The average Bonchev–Trinajstić information content (AvgIpc) is 3.15. The maximum absolute atomic E-state index is 12.8. The van der Waals surface area contributed by atoms with Crippen molar-refractivity contribution < 1.29 is 13.2 Å². The summed E-state index contributed by atoms with van der Waals surface area (Å²) >= 11 is 1.31. The highest BCUT2D eigenvalue weighted by atomic mass is 32.2. The van der Waals surface area contributed by atoms with Crippen LogP contribution in [0.1, 0.15) is 24.8 Å². The molecule has 0 bridgehead atoms. The number of sulfonamides is 1. The molecule has 4 rings (SSSR count). The van der Waals surface area contributed by atoms with E-state index in [1.54, 1.807) is 18.2 Å². The lowest BCUT2D eigenvalue weighted by Gasteiger charge is -2.26. The summed E-state index contributed by atoms with van der Waals surface area (Å²) in [6.45, 7) is 3.11. The number of carbonyl (C=O) groups excluding carboxylic acids is 1. The summed E-state index contributed by atoms with van der Waals surface area (Å²) in [4.78, 5) is 20.3. The zero-order chi connectivity index (χ0) is 21.1. The number of anilines is 1. The van der Waals surface area contributed by atoms with Gasteiger partial charge in [-0.15, -0.1) is 0 Å². The number of rotatable bonds is 6. The van der Waals surface area contributed by atoms with Crippen LogP contribution in [0.4, 0.5) is 5.69 Å². The lowest BCUT2D eigenvalue weighted by molar-refractivity contribution is -0.113. The molecule has 1 fully saturated rings. The fourth-order valence-electron chi connectivity index (χ4n) is 3.49. The Hall–Kier alpha value is -2.36. The van der Waals surface area contributed by atoms with Crippen LogP contribution in [0.25, 0.3) is 11.0 Å². The van der Waals surface area contributed by atoms with E-state index < -0.39 is 10.0 Å². The van der Waals surface area contributed by atoms with Gasteiger partial charge in [0.25, 0.3) is 0 Å². The summed E-state index contributed by atoms with van der Waals surface area (Å²) in [7, 11) is -3.53. The highest BCUT2D eigenvalue weighted by Crippen LogP contribution is 2.24. The van der Waals surface area contributed by atoms with Gasteiger partial charge in [0.15, 0.2) is 5.16 Å². The van der Waals surface area contributed by atoms with E-state index in [0.29, 0.717) is 23.9 Å². The van der Waals surface area contributed by atoms with E-state index in [9.17, 15) is 13.2 Å². The Morgan fingerprint density at radius 3 is 2.77 bits per heavy atom. The molecular formula is C21H24N4O3S2. The lowest BCUT2D eigenvalue weighted by atomic mass is 10.2. The molecule has 1 aromatic heterocycles. The number of aryl methyl sites for hydroxylation is 1. The van der Waals surface area contributed by atoms with Crippen LogP contribution < -0.4 is 5.32 Å². The molecule has 2 aromatic carbocycles. The van der Waals surface area contributed by atoms with E-state index in [1.807, 2.05) is 25.1 Å². The molecule has 1 amide bonds. The Labute approximate surface area is 180 Å². The van der Waals surface area contributed by atoms with Crippen LogP contribution in [0.5, 0.6) is 0 Å². The van der Waals surface area contributed by atoms with Gasteiger partial charge in [-0.05, 0) is 55.7 Å². The number of nitrogens with zero attached hydrogens (tertiary/aromatic N) is 2. The first kappa shape index (κ1) is 20.9. The monoisotopic (exact) mass is 444 g/mol. The Morgan fingerprint density at radius 2 is 1.97 bits per heavy atom. The van der Waals surface area contributed by atoms with Gasteiger partial charge >= 0.3 is 0 Å². The number of carbonyl (C=O) groups is 1. The fourth-order valence-corrected chi connectivity index (χ4v) is 5.74. The quantitative estimate of drug-likeness (QED) is 0.564. The van der Waals surface area contributed by atoms with Crippen LogP contribution in [0.15, 0.2) is 52.5 Å². The molecule has 0 spiro atoms. The Bertz CT molecular complexity index is 1170. The van der Waals surface area contributed by atoms with Crippen LogP contribution in [0, 0.1) is 6.92 Å². The average molecular weight is 445 g/mol. The van der Waals surface area contributed by atoms with Crippen molar-refractivity contribution in [2.75, 3.05) is 24.2 Å². The van der Waals surface area contributed by atoms with Crippen molar-refractivity contribution in [1.29, 1.82) is 0 Å². The first-order valence-corrected chi connectivity index (χ1v) is 12.3. The van der Waals surface area contributed by atoms with Gasteiger partial charge in [0.05, 0.1) is 21.7 Å². The number of aromatic nitrogens is 2. The minimum absolute atomic E-state index is 0.169. The molecule has 158 valence electrons. The zero-order valence-electron chi connectivity index (χ0n) is 16.7. The second-order valence-corrected chi connectivity index (χ2v) is 10.3. The molecule has 7 nitrogen and oxygen atoms in total. The molecule has 1 aliphatic rings. The highest BCUT2D eigenvalue weighted by Gasteiger charge is 2.26. The van der Waals surface area contributed by atoms with Gasteiger partial charge in [-0.3, -0.25) is 4.79 Å². The van der Waals surface area contributed by atoms with Gasteiger partial charge in [-0.2, -0.15) is 4.31 Å². The summed E-state index contributed by atoms with van der Waals surface area (Å²) in [6.07, 6.45) is 2.83. The first-order valence-electron chi connectivity index (χ1n) is 9.91. The largest absolute Gasteiger partial charge is 0.333 e. The van der Waals surface area contributed by atoms with Crippen molar-refractivity contribution in [3.8, 4) is 0 Å². The molecule has 0 aliphatic carbocycles. The van der Waals surface area contributed by atoms with Gasteiger partial charge in [0, 0.05) is 18.8 Å². The van der Waals surface area contributed by atoms with Crippen LogP contribution in [0.2, 0.25) is 0 Å². The summed E-state index contributed by atoms with van der Waals surface area (Å²) in [5, 5.41) is 3.46. The third kappa shape index (κ3) is 4.69. The molecule has 30 heavy (non-hydrogen) atoms. The number of thioether (sulfide) groups is 1. The van der Waals surface area contributed by atoms with Crippen molar-refractivity contribution in [3.63, 3.8) is 0 Å². The Kier molecular flexibility index (Phi) is 6.12. The summed E-state index contributed by atoms with van der Waals surface area (Å²) in [6, 6.07) is 12.4. The standard InChI is InChI=1S/C21H24N4O3S2/c1-15-8-9-18-19(12-15)24-21(23-18)29-14-20(26)22-16-6-5-7-17(13-16)30(27,28)25-10-3-2-4-11-25/h5-9,12-13H,2-4,10-11,14H2,1H3,(H,22,26)(H,23,24). The maximum atomic E-state index is 12.8. The summed E-state index contributed by atoms with van der Waals surface area (Å²) in [5.41, 5.74) is 3.41. The van der Waals surface area contributed by atoms with Crippen molar-refractivity contribution >= 4 is 44.4 Å². The summed E-state index contributed by atoms with van der Waals surface area (Å²) < 4.78 is 27.2. The highest BCUT2D eigenvalue weighted by molar-refractivity contribution is 7.99. The van der Waals surface area contributed by atoms with Crippen LogP contribution >= 0.6 is 11.8 Å². The number of fused-ring (bicyclic) bond motifs is 1. The predicted octanol–water partition coefficient (Wildman–Crippen LogP) is 3.78. The number of nitrogens with one attached hydrogen (secondary N) is 2. The van der Waals surface area contributed by atoms with Gasteiger partial charge in [-0.25, -0.2) is 13.4 Å². The third-order valence-corrected chi connectivity index (χ3v) is 7.79. The van der Waals surface area contributed by atoms with E-state index >= 15 is 0 Å². The first-order chi connectivity index (χ1) is 14.4. The van der Waals surface area contributed by atoms with Crippen molar-refractivity contribution in [1.82, 2.24) is 14.3 Å². The molecular weight excluding hydrogens is 420 g/mol. The van der Waals surface area contributed by atoms with Crippen LogP contribution in [-0.4, -0.2) is 47.4 Å². The van der Waals surface area contributed by atoms with E-state index in [4.69, 9.17) is 0 Å². The van der Waals surface area contributed by atoms with Gasteiger partial charge in [0.2, 0.25) is 15.9 Å². The van der Waals surface area contributed by atoms with E-state index in [-0.39, 0.29) is 16.6 Å². The molecule has 0 atom stereocenters. The summed E-state index contributed by atoms with van der Waals surface area (Å²) in [5.74, 6) is -0.0498. The second-order valence-electron chi connectivity index (χ2n) is 7.39. The molecule has 0 radical (unpaired) electrons. The van der Waals surface area contributed by atoms with Crippen molar-refractivity contribution in [3.05, 3.63) is 48.0 Å². The van der Waals surface area contributed by atoms with Gasteiger partial charge in [-0.1, -0.05) is 30.3 Å². The molecule has 1 aliphatic heterocycles. The molecule has 0 saturated carbocycles. The SMILES string of the molecule is Cc1ccc2nc(SCC(=O)Nc3cccc(S(=O)(=O)N4CCCCC4)c3)[nH]c2c1. The molecule has 2 heterocycles. The number of imidazole rings is 1. The lowest BCUT2D eigenvalue weighted by Crippen LogP contribution is -2.35. The zero-order valence-corrected chi connectivity index (χ0v) is 18.4. The fraction of sp³-hybridized carbons (Fsp3) is 0.333. The van der Waals surface area contributed by atoms with E-state index in [1.165, 1.54) is 22.1 Å². The number of H-pyrrole nitrogens is 1. The number of hydrogen-bond donors (Lipinski definition) is 2. The Morgan fingerprint density at radius 1 is 1.17 bits per heavy atom. The smallest absolute Gasteiger partial charge is 0.243 e. The van der Waals surface area contributed by atoms with Crippen molar-refractivity contribution in [2.45, 2.75) is 36.2 Å². The van der Waals surface area contributed by atoms with Gasteiger partial charge < -0.3 is 10.3 Å².